The minimum absolute atomic E-state index is 0.756. The zero-order valence-corrected chi connectivity index (χ0v) is 12.5. The van der Waals surface area contributed by atoms with Gasteiger partial charge in [-0.1, -0.05) is 25.7 Å². The molecule has 110 valence electrons. The van der Waals surface area contributed by atoms with Crippen LogP contribution in [0.2, 0.25) is 0 Å². The van der Waals surface area contributed by atoms with Crippen LogP contribution >= 0.6 is 0 Å². The van der Waals surface area contributed by atoms with E-state index in [4.69, 9.17) is 0 Å². The maximum absolute atomic E-state index is 3.43. The van der Waals surface area contributed by atoms with E-state index in [0.29, 0.717) is 0 Å². The van der Waals surface area contributed by atoms with E-state index in [1.54, 1.807) is 0 Å². The van der Waals surface area contributed by atoms with Crippen LogP contribution in [-0.2, 0) is 0 Å². The topological polar surface area (TPSA) is 18.5 Å². The van der Waals surface area contributed by atoms with Crippen molar-refractivity contribution < 1.29 is 0 Å². The second kappa shape index (κ2) is 6.55. The first-order valence-electron chi connectivity index (χ1n) is 8.52. The maximum atomic E-state index is 3.43. The monoisotopic (exact) mass is 265 g/mol. The van der Waals surface area contributed by atoms with Crippen molar-refractivity contribution >= 4 is 0 Å². The van der Waals surface area contributed by atoms with Crippen molar-refractivity contribution in [3.63, 3.8) is 0 Å². The quantitative estimate of drug-likeness (QED) is 0.838. The number of rotatable bonds is 4. The van der Waals surface area contributed by atoms with E-state index in [1.165, 1.54) is 97.3 Å². The third-order valence-electron chi connectivity index (χ3n) is 5.44. The van der Waals surface area contributed by atoms with E-state index in [1.807, 2.05) is 0 Å². The summed E-state index contributed by atoms with van der Waals surface area (Å²) in [5.41, 5.74) is 0.756. The van der Waals surface area contributed by atoms with Crippen LogP contribution in [0.3, 0.4) is 0 Å². The minimum Gasteiger partial charge on any atom is -0.314 e. The second-order valence-electron chi connectivity index (χ2n) is 7.07. The first-order chi connectivity index (χ1) is 9.36. The Labute approximate surface area is 118 Å². The molecule has 0 amide bonds. The summed E-state index contributed by atoms with van der Waals surface area (Å²) < 4.78 is 0. The summed E-state index contributed by atoms with van der Waals surface area (Å²) in [5.74, 6) is 0. The molecule has 19 heavy (non-hydrogen) atoms. The standard InChI is InChI=1S/C16H31N3/c1-2-4-7-16(6-3-1)14-19(15-16)11-5-10-18-12-8-17-9-13-18/h17H,1-15H2. The molecule has 3 nitrogen and oxygen atoms in total. The molecule has 3 rings (SSSR count). The highest BCUT2D eigenvalue weighted by molar-refractivity contribution is 4.95. The Morgan fingerprint density at radius 1 is 0.789 bits per heavy atom. The Morgan fingerprint density at radius 2 is 1.42 bits per heavy atom. The highest BCUT2D eigenvalue weighted by Crippen LogP contribution is 2.42. The van der Waals surface area contributed by atoms with Gasteiger partial charge in [0.1, 0.15) is 0 Å². The molecule has 0 aromatic rings. The molecule has 1 N–H and O–H groups in total. The SMILES string of the molecule is C1CCCC2(CC1)CN(CCCN1CCNCC1)C2. The molecule has 2 saturated heterocycles. The molecule has 2 aliphatic heterocycles. The van der Waals surface area contributed by atoms with Gasteiger partial charge >= 0.3 is 0 Å². The molecule has 3 heteroatoms. The van der Waals surface area contributed by atoms with Gasteiger partial charge in [0.05, 0.1) is 0 Å². The first-order valence-corrected chi connectivity index (χ1v) is 8.52. The molecule has 1 spiro atoms. The number of likely N-dealkylation sites (tertiary alicyclic amines) is 1. The molecular formula is C16H31N3. The summed E-state index contributed by atoms with van der Waals surface area (Å²) in [7, 11) is 0. The summed E-state index contributed by atoms with van der Waals surface area (Å²) in [6.07, 6.45) is 10.4. The lowest BCUT2D eigenvalue weighted by atomic mass is 9.73. The molecule has 1 aliphatic carbocycles. The van der Waals surface area contributed by atoms with Crippen molar-refractivity contribution in [1.29, 1.82) is 0 Å². The van der Waals surface area contributed by atoms with Crippen molar-refractivity contribution in [1.82, 2.24) is 15.1 Å². The fraction of sp³-hybridized carbons (Fsp3) is 1.00. The summed E-state index contributed by atoms with van der Waals surface area (Å²) in [6, 6.07) is 0. The van der Waals surface area contributed by atoms with E-state index < -0.39 is 0 Å². The van der Waals surface area contributed by atoms with Gasteiger partial charge in [0.25, 0.3) is 0 Å². The van der Waals surface area contributed by atoms with Crippen LogP contribution in [-0.4, -0.2) is 62.2 Å². The molecule has 0 unspecified atom stereocenters. The molecular weight excluding hydrogens is 234 g/mol. The van der Waals surface area contributed by atoms with E-state index >= 15 is 0 Å². The average molecular weight is 265 g/mol. The number of nitrogens with zero attached hydrogens (tertiary/aromatic N) is 2. The third-order valence-corrected chi connectivity index (χ3v) is 5.44. The summed E-state index contributed by atoms with van der Waals surface area (Å²) in [5, 5.41) is 3.43. The van der Waals surface area contributed by atoms with Crippen LogP contribution < -0.4 is 5.32 Å². The summed E-state index contributed by atoms with van der Waals surface area (Å²) in [6.45, 7) is 10.4. The Morgan fingerprint density at radius 3 is 2.11 bits per heavy atom. The van der Waals surface area contributed by atoms with Gasteiger partial charge in [-0.15, -0.1) is 0 Å². The highest BCUT2D eigenvalue weighted by atomic mass is 15.2. The number of hydrogen-bond acceptors (Lipinski definition) is 3. The summed E-state index contributed by atoms with van der Waals surface area (Å²) in [4.78, 5) is 5.34. The molecule has 3 fully saturated rings. The van der Waals surface area contributed by atoms with Gasteiger partial charge in [-0.25, -0.2) is 0 Å². The van der Waals surface area contributed by atoms with Crippen LogP contribution in [0.25, 0.3) is 0 Å². The van der Waals surface area contributed by atoms with E-state index in [2.05, 4.69) is 15.1 Å². The van der Waals surface area contributed by atoms with Crippen LogP contribution in [0.15, 0.2) is 0 Å². The largest absolute Gasteiger partial charge is 0.314 e. The third kappa shape index (κ3) is 3.71. The Bertz CT molecular complexity index is 257. The fourth-order valence-corrected chi connectivity index (χ4v) is 4.31. The first kappa shape index (κ1) is 13.8. The van der Waals surface area contributed by atoms with E-state index in [-0.39, 0.29) is 0 Å². The van der Waals surface area contributed by atoms with Crippen molar-refractivity contribution in [2.75, 3.05) is 52.4 Å². The Kier molecular flexibility index (Phi) is 4.78. The minimum atomic E-state index is 0.756. The van der Waals surface area contributed by atoms with Crippen molar-refractivity contribution in [3.8, 4) is 0 Å². The molecule has 0 atom stereocenters. The highest BCUT2D eigenvalue weighted by Gasteiger charge is 2.41. The fourth-order valence-electron chi connectivity index (χ4n) is 4.31. The molecule has 3 aliphatic rings. The van der Waals surface area contributed by atoms with Gasteiger partial charge in [-0.3, -0.25) is 0 Å². The molecule has 0 aromatic carbocycles. The smallest absolute Gasteiger partial charge is 0.0107 e. The maximum Gasteiger partial charge on any atom is 0.0107 e. The van der Waals surface area contributed by atoms with Crippen LogP contribution in [0, 0.1) is 5.41 Å². The summed E-state index contributed by atoms with van der Waals surface area (Å²) >= 11 is 0. The average Bonchev–Trinajstić information content (AvgIpc) is 2.65. The number of nitrogens with one attached hydrogen (secondary N) is 1. The van der Waals surface area contributed by atoms with Gasteiger partial charge in [0, 0.05) is 39.3 Å². The Hall–Kier alpha value is -0.120. The van der Waals surface area contributed by atoms with Gasteiger partial charge in [-0.05, 0) is 37.8 Å². The second-order valence-corrected chi connectivity index (χ2v) is 7.07. The van der Waals surface area contributed by atoms with Crippen LogP contribution in [0.1, 0.15) is 44.9 Å². The number of hydrogen-bond donors (Lipinski definition) is 1. The molecule has 1 saturated carbocycles. The van der Waals surface area contributed by atoms with Crippen molar-refractivity contribution in [2.24, 2.45) is 5.41 Å². The predicted octanol–water partition coefficient (Wildman–Crippen LogP) is 1.94. The van der Waals surface area contributed by atoms with E-state index in [9.17, 15) is 0 Å². The lowest BCUT2D eigenvalue weighted by molar-refractivity contribution is -0.0136. The predicted molar refractivity (Wildman–Crippen MR) is 80.5 cm³/mol. The molecule has 2 heterocycles. The number of piperazine rings is 1. The Balaban J connectivity index is 1.30. The zero-order valence-electron chi connectivity index (χ0n) is 12.5. The zero-order chi connectivity index (χ0) is 13.0. The van der Waals surface area contributed by atoms with Crippen molar-refractivity contribution in [3.05, 3.63) is 0 Å². The molecule has 0 radical (unpaired) electrons. The van der Waals surface area contributed by atoms with E-state index in [0.717, 1.165) is 5.41 Å². The van der Waals surface area contributed by atoms with Crippen LogP contribution in [0.5, 0.6) is 0 Å². The van der Waals surface area contributed by atoms with Gasteiger partial charge in [0.15, 0.2) is 0 Å². The normalized spacial score (nSPS) is 29.1. The van der Waals surface area contributed by atoms with Gasteiger partial charge in [0.2, 0.25) is 0 Å². The van der Waals surface area contributed by atoms with Gasteiger partial charge in [-0.2, -0.15) is 0 Å². The lowest BCUT2D eigenvalue weighted by Gasteiger charge is -2.50. The van der Waals surface area contributed by atoms with Crippen LogP contribution in [0.4, 0.5) is 0 Å². The molecule has 0 bridgehead atoms. The molecule has 0 aromatic heterocycles. The van der Waals surface area contributed by atoms with Gasteiger partial charge < -0.3 is 15.1 Å². The lowest BCUT2D eigenvalue weighted by Crippen LogP contribution is -2.56. The van der Waals surface area contributed by atoms with Crippen molar-refractivity contribution in [2.45, 2.75) is 44.9 Å².